The minimum atomic E-state index is -3.69. The van der Waals surface area contributed by atoms with Gasteiger partial charge < -0.3 is 15.1 Å². The highest BCUT2D eigenvalue weighted by atomic mass is 32.2. The van der Waals surface area contributed by atoms with Crippen LogP contribution in [0.2, 0.25) is 0 Å². The molecule has 0 saturated carbocycles. The van der Waals surface area contributed by atoms with Gasteiger partial charge in [0.05, 0.1) is 5.92 Å². The van der Waals surface area contributed by atoms with Crippen molar-refractivity contribution in [3.63, 3.8) is 0 Å². The van der Waals surface area contributed by atoms with Crippen LogP contribution in [0.5, 0.6) is 0 Å². The zero-order valence-electron chi connectivity index (χ0n) is 17.5. The zero-order valence-corrected chi connectivity index (χ0v) is 18.3. The summed E-state index contributed by atoms with van der Waals surface area (Å²) in [5, 5.41) is 2.98. The van der Waals surface area contributed by atoms with Gasteiger partial charge in [0.25, 0.3) is 10.0 Å². The van der Waals surface area contributed by atoms with E-state index in [1.54, 1.807) is 29.2 Å². The minimum Gasteiger partial charge on any atom is -0.355 e. The number of carbonyl (C=O) groups excluding carboxylic acids is 2. The topological polar surface area (TPSA) is 99.2 Å². The van der Waals surface area contributed by atoms with Crippen molar-refractivity contribution in [1.82, 2.24) is 4.90 Å². The molecule has 2 amide bonds. The van der Waals surface area contributed by atoms with Crippen LogP contribution in [0.15, 0.2) is 57.8 Å². The molecule has 0 aromatic heterocycles. The second-order valence-electron chi connectivity index (χ2n) is 8.36. The molecule has 3 aliphatic heterocycles. The summed E-state index contributed by atoms with van der Waals surface area (Å²) in [6.07, 6.45) is 2.88. The van der Waals surface area contributed by atoms with Gasteiger partial charge in [0.1, 0.15) is 4.90 Å². The van der Waals surface area contributed by atoms with Crippen LogP contribution in [0.1, 0.15) is 31.2 Å². The molecule has 166 valence electrons. The lowest BCUT2D eigenvalue weighted by molar-refractivity contribution is -0.121. The first-order valence-corrected chi connectivity index (χ1v) is 12.3. The maximum atomic E-state index is 13.0. The van der Waals surface area contributed by atoms with Crippen LogP contribution in [0, 0.1) is 5.92 Å². The summed E-state index contributed by atoms with van der Waals surface area (Å²) < 4.78 is 28.8. The predicted octanol–water partition coefficient (Wildman–Crippen LogP) is 2.61. The summed E-state index contributed by atoms with van der Waals surface area (Å²) in [5.74, 6) is 0.116. The lowest BCUT2D eigenvalue weighted by Gasteiger charge is -2.33. The number of hydrogen-bond acceptors (Lipinski definition) is 5. The number of rotatable bonds is 3. The Kier molecular flexibility index (Phi) is 5.21. The molecule has 8 nitrogen and oxygen atoms in total. The van der Waals surface area contributed by atoms with E-state index in [1.807, 2.05) is 29.2 Å². The fourth-order valence-electron chi connectivity index (χ4n) is 4.62. The van der Waals surface area contributed by atoms with E-state index in [4.69, 9.17) is 0 Å². The fraction of sp³-hybridized carbons (Fsp3) is 0.348. The molecule has 0 aliphatic carbocycles. The van der Waals surface area contributed by atoms with Crippen LogP contribution in [-0.2, 0) is 19.6 Å². The molecular formula is C23H24N4O4S. The molecule has 0 bridgehead atoms. The van der Waals surface area contributed by atoms with Crippen molar-refractivity contribution < 1.29 is 18.0 Å². The van der Waals surface area contributed by atoms with Crippen molar-refractivity contribution in [3.05, 3.63) is 54.1 Å². The molecule has 0 radical (unpaired) electrons. The summed E-state index contributed by atoms with van der Waals surface area (Å²) >= 11 is 0. The first-order valence-electron chi connectivity index (χ1n) is 10.8. The Morgan fingerprint density at radius 2 is 1.91 bits per heavy atom. The van der Waals surface area contributed by atoms with Crippen molar-refractivity contribution in [3.8, 4) is 0 Å². The number of nitrogens with zero attached hydrogens (tertiary/aromatic N) is 3. The van der Waals surface area contributed by atoms with Crippen LogP contribution < -0.4 is 10.2 Å². The van der Waals surface area contributed by atoms with Crippen molar-refractivity contribution >= 4 is 39.0 Å². The number of amidine groups is 1. The molecule has 32 heavy (non-hydrogen) atoms. The van der Waals surface area contributed by atoms with E-state index in [9.17, 15) is 18.0 Å². The van der Waals surface area contributed by atoms with Gasteiger partial charge in [-0.15, -0.1) is 4.40 Å². The van der Waals surface area contributed by atoms with E-state index >= 15 is 0 Å². The third kappa shape index (κ3) is 3.77. The highest BCUT2D eigenvalue weighted by molar-refractivity contribution is 7.90. The van der Waals surface area contributed by atoms with E-state index < -0.39 is 10.0 Å². The monoisotopic (exact) mass is 452 g/mol. The highest BCUT2D eigenvalue weighted by Crippen LogP contribution is 2.30. The summed E-state index contributed by atoms with van der Waals surface area (Å²) in [5.41, 5.74) is 2.03. The first-order chi connectivity index (χ1) is 15.4. The Morgan fingerprint density at radius 1 is 1.06 bits per heavy atom. The van der Waals surface area contributed by atoms with Crippen molar-refractivity contribution in [2.24, 2.45) is 10.3 Å². The fourth-order valence-corrected chi connectivity index (χ4v) is 5.84. The summed E-state index contributed by atoms with van der Waals surface area (Å²) in [7, 11) is -3.69. The molecule has 1 unspecified atom stereocenters. The maximum absolute atomic E-state index is 13.0. The van der Waals surface area contributed by atoms with Crippen LogP contribution in [0.25, 0.3) is 0 Å². The van der Waals surface area contributed by atoms with Crippen LogP contribution in [0.4, 0.5) is 11.4 Å². The summed E-state index contributed by atoms with van der Waals surface area (Å²) in [6, 6.07) is 14.1. The molecule has 2 fully saturated rings. The van der Waals surface area contributed by atoms with Gasteiger partial charge in [-0.25, -0.2) is 0 Å². The smallest absolute Gasteiger partial charge is 0.285 e. The quantitative estimate of drug-likeness (QED) is 0.772. The average molecular weight is 453 g/mol. The van der Waals surface area contributed by atoms with Gasteiger partial charge in [-0.2, -0.15) is 8.42 Å². The molecule has 2 aromatic carbocycles. The van der Waals surface area contributed by atoms with Crippen molar-refractivity contribution in [1.29, 1.82) is 0 Å². The number of likely N-dealkylation sites (tertiary alicyclic amines) is 1. The average Bonchev–Trinajstić information content (AvgIpc) is 3.35. The molecule has 3 heterocycles. The number of sulfonamides is 1. The zero-order chi connectivity index (χ0) is 22.3. The molecule has 3 aliphatic rings. The van der Waals surface area contributed by atoms with Crippen LogP contribution >= 0.6 is 0 Å². The van der Waals surface area contributed by atoms with Gasteiger partial charge in [0, 0.05) is 43.0 Å². The Bertz CT molecular complexity index is 1220. The van der Waals surface area contributed by atoms with E-state index in [0.29, 0.717) is 49.6 Å². The Balaban J connectivity index is 1.31. The molecule has 5 rings (SSSR count). The predicted molar refractivity (Wildman–Crippen MR) is 121 cm³/mol. The molecule has 2 aromatic rings. The third-order valence-electron chi connectivity index (χ3n) is 6.20. The summed E-state index contributed by atoms with van der Waals surface area (Å²) in [4.78, 5) is 28.9. The minimum absolute atomic E-state index is 0.101. The molecule has 0 spiro atoms. The number of anilines is 2. The van der Waals surface area contributed by atoms with Gasteiger partial charge in [-0.3, -0.25) is 9.59 Å². The van der Waals surface area contributed by atoms with Gasteiger partial charge in [0.2, 0.25) is 11.8 Å². The van der Waals surface area contributed by atoms with Gasteiger partial charge in [-0.1, -0.05) is 18.2 Å². The molecule has 2 saturated heterocycles. The number of amides is 2. The van der Waals surface area contributed by atoms with E-state index in [1.165, 1.54) is 0 Å². The second kappa shape index (κ2) is 8.05. The SMILES string of the molecule is O=C(Nc1cccc(N2CCCC2=O)c1)C1CCCN(C2=NS(=O)(=O)c3ccccc32)C1. The normalized spacial score (nSPS) is 21.9. The van der Waals surface area contributed by atoms with Gasteiger partial charge in [0.15, 0.2) is 5.84 Å². The first kappa shape index (κ1) is 20.7. The van der Waals surface area contributed by atoms with E-state index in [-0.39, 0.29) is 22.6 Å². The van der Waals surface area contributed by atoms with Crippen molar-refractivity contribution in [2.45, 2.75) is 30.6 Å². The van der Waals surface area contributed by atoms with Crippen LogP contribution in [0.3, 0.4) is 0 Å². The largest absolute Gasteiger partial charge is 0.355 e. The number of benzene rings is 2. The summed E-state index contributed by atoms with van der Waals surface area (Å²) in [6.45, 7) is 1.75. The molecular weight excluding hydrogens is 428 g/mol. The van der Waals surface area contributed by atoms with E-state index in [2.05, 4.69) is 9.71 Å². The maximum Gasteiger partial charge on any atom is 0.285 e. The molecule has 1 atom stereocenters. The standard InChI is InChI=1S/C23H24N4O4S/c28-21-11-5-13-27(21)18-8-3-7-17(14-18)24-23(29)16-6-4-12-26(15-16)22-19-9-1-2-10-20(19)32(30,31)25-22/h1-3,7-10,14,16H,4-6,11-13,15H2,(H,24,29). The molecule has 9 heteroatoms. The number of carbonyl (C=O) groups is 2. The lowest BCUT2D eigenvalue weighted by atomic mass is 9.96. The number of nitrogens with one attached hydrogen (secondary N) is 1. The highest BCUT2D eigenvalue weighted by Gasteiger charge is 2.35. The number of fused-ring (bicyclic) bond motifs is 1. The Hall–Kier alpha value is -3.20. The van der Waals surface area contributed by atoms with Crippen molar-refractivity contribution in [2.75, 3.05) is 29.9 Å². The molecule has 1 N–H and O–H groups in total. The lowest BCUT2D eigenvalue weighted by Crippen LogP contribution is -2.43. The number of hydrogen-bond donors (Lipinski definition) is 1. The Labute approximate surface area is 187 Å². The van der Waals surface area contributed by atoms with E-state index in [0.717, 1.165) is 18.5 Å². The Morgan fingerprint density at radius 3 is 2.72 bits per heavy atom. The third-order valence-corrected chi connectivity index (χ3v) is 7.53. The van der Waals surface area contributed by atoms with Crippen LogP contribution in [-0.4, -0.2) is 50.6 Å². The van der Waals surface area contributed by atoms with Gasteiger partial charge in [-0.05, 0) is 49.6 Å². The number of piperidine rings is 1. The van der Waals surface area contributed by atoms with Gasteiger partial charge >= 0.3 is 0 Å². The second-order valence-corrected chi connectivity index (χ2v) is 9.93.